The molecule has 0 aliphatic carbocycles. The van der Waals surface area contributed by atoms with Crippen LogP contribution in [0.5, 0.6) is 17.2 Å². The van der Waals surface area contributed by atoms with Crippen molar-refractivity contribution >= 4 is 17.6 Å². The number of hydrogen-bond donors (Lipinski definition) is 2. The molecule has 29 heavy (non-hydrogen) atoms. The smallest absolute Gasteiger partial charge is 0.325 e. The Labute approximate surface area is 169 Å². The normalized spacial score (nSPS) is 13.5. The number of anilines is 1. The predicted octanol–water partition coefficient (Wildman–Crippen LogP) is 2.64. The molecule has 1 aliphatic heterocycles. The first-order valence-electron chi connectivity index (χ1n) is 9.31. The fourth-order valence-electron chi connectivity index (χ4n) is 2.86. The van der Waals surface area contributed by atoms with Gasteiger partial charge in [-0.3, -0.25) is 15.0 Å². The van der Waals surface area contributed by atoms with Crippen molar-refractivity contribution < 1.29 is 23.8 Å². The molecule has 0 aromatic heterocycles. The van der Waals surface area contributed by atoms with Crippen LogP contribution in [0.25, 0.3) is 0 Å². The second-order valence-corrected chi connectivity index (χ2v) is 6.74. The number of fused-ring (bicyclic) bond motifs is 1. The highest BCUT2D eigenvalue weighted by Crippen LogP contribution is 2.32. The Morgan fingerprint density at radius 1 is 1.10 bits per heavy atom. The molecule has 3 rings (SSSR count). The van der Waals surface area contributed by atoms with E-state index in [-0.39, 0.29) is 0 Å². The number of methoxy groups -OCH3 is 1. The zero-order valence-electron chi connectivity index (χ0n) is 16.7. The van der Waals surface area contributed by atoms with E-state index >= 15 is 0 Å². The molecule has 0 saturated carbocycles. The van der Waals surface area contributed by atoms with Gasteiger partial charge in [-0.05, 0) is 43.8 Å². The largest absolute Gasteiger partial charge is 0.497 e. The highest BCUT2D eigenvalue weighted by atomic mass is 16.6. The van der Waals surface area contributed by atoms with Gasteiger partial charge >= 0.3 is 6.03 Å². The molecule has 1 aliphatic rings. The van der Waals surface area contributed by atoms with Gasteiger partial charge in [0.1, 0.15) is 19.0 Å². The fraction of sp³-hybridized carbons (Fsp3) is 0.333. The molecule has 2 aromatic rings. The third-order valence-corrected chi connectivity index (χ3v) is 4.67. The molecule has 0 saturated heterocycles. The van der Waals surface area contributed by atoms with Crippen LogP contribution >= 0.6 is 0 Å². The van der Waals surface area contributed by atoms with Crippen molar-refractivity contribution in [3.05, 3.63) is 48.0 Å². The van der Waals surface area contributed by atoms with Gasteiger partial charge in [0.15, 0.2) is 11.5 Å². The van der Waals surface area contributed by atoms with Gasteiger partial charge in [-0.1, -0.05) is 12.1 Å². The molecule has 1 heterocycles. The summed E-state index contributed by atoms with van der Waals surface area (Å²) in [7, 11) is 3.44. The molecule has 2 N–H and O–H groups in total. The Morgan fingerprint density at radius 2 is 1.79 bits per heavy atom. The van der Waals surface area contributed by atoms with Gasteiger partial charge in [-0.15, -0.1) is 0 Å². The van der Waals surface area contributed by atoms with Crippen LogP contribution in [-0.4, -0.2) is 50.3 Å². The zero-order chi connectivity index (χ0) is 20.8. The van der Waals surface area contributed by atoms with Gasteiger partial charge < -0.3 is 19.5 Å². The second kappa shape index (κ2) is 9.29. The van der Waals surface area contributed by atoms with Gasteiger partial charge in [-0.2, -0.15) is 0 Å². The summed E-state index contributed by atoms with van der Waals surface area (Å²) in [6.07, 6.45) is 0. The third kappa shape index (κ3) is 5.39. The highest BCUT2D eigenvalue weighted by Gasteiger charge is 2.21. The minimum atomic E-state index is -0.601. The molecule has 3 amide bonds. The Hall–Kier alpha value is -3.26. The second-order valence-electron chi connectivity index (χ2n) is 6.74. The molecule has 154 valence electrons. The lowest BCUT2D eigenvalue weighted by Crippen LogP contribution is -2.46. The molecular weight excluding hydrogens is 374 g/mol. The first-order valence-corrected chi connectivity index (χ1v) is 9.31. The summed E-state index contributed by atoms with van der Waals surface area (Å²) in [4.78, 5) is 26.5. The summed E-state index contributed by atoms with van der Waals surface area (Å²) in [5, 5.41) is 5.01. The summed E-state index contributed by atoms with van der Waals surface area (Å²) < 4.78 is 16.1. The number of carbonyl (C=O) groups excluding carboxylic acids is 2. The monoisotopic (exact) mass is 399 g/mol. The number of hydrogen-bond acceptors (Lipinski definition) is 6. The minimum Gasteiger partial charge on any atom is -0.497 e. The maximum absolute atomic E-state index is 12.4. The average Bonchev–Trinajstić information content (AvgIpc) is 2.73. The Bertz CT molecular complexity index is 869. The lowest BCUT2D eigenvalue weighted by Gasteiger charge is -2.24. The average molecular weight is 399 g/mol. The predicted molar refractivity (Wildman–Crippen MR) is 109 cm³/mol. The van der Waals surface area contributed by atoms with Crippen LogP contribution in [-0.2, 0) is 11.3 Å². The minimum absolute atomic E-state index is 0.393. The quantitative estimate of drug-likeness (QED) is 0.776. The van der Waals surface area contributed by atoms with Crippen LogP contribution in [0.15, 0.2) is 42.5 Å². The number of carbonyl (C=O) groups is 2. The van der Waals surface area contributed by atoms with Crippen LogP contribution in [0.2, 0.25) is 0 Å². The van der Waals surface area contributed by atoms with Crippen molar-refractivity contribution in [3.63, 3.8) is 0 Å². The SMILES string of the molecule is COc1ccc(CN(C)[C@@H](C)C(=O)NC(=O)Nc2ccc3c(c2)OCCO3)cc1. The number of amides is 3. The highest BCUT2D eigenvalue weighted by molar-refractivity contribution is 6.02. The van der Waals surface area contributed by atoms with Crippen molar-refractivity contribution in [2.45, 2.75) is 19.5 Å². The van der Waals surface area contributed by atoms with Crippen molar-refractivity contribution in [1.82, 2.24) is 10.2 Å². The lowest BCUT2D eigenvalue weighted by atomic mass is 10.2. The van der Waals surface area contributed by atoms with E-state index in [9.17, 15) is 9.59 Å². The number of imide groups is 1. The Balaban J connectivity index is 1.52. The van der Waals surface area contributed by atoms with Gasteiger partial charge in [0, 0.05) is 18.3 Å². The van der Waals surface area contributed by atoms with Crippen molar-refractivity contribution in [3.8, 4) is 17.2 Å². The van der Waals surface area contributed by atoms with Gasteiger partial charge in [0.2, 0.25) is 5.91 Å². The van der Waals surface area contributed by atoms with E-state index in [2.05, 4.69) is 10.6 Å². The molecule has 0 radical (unpaired) electrons. The number of nitrogens with one attached hydrogen (secondary N) is 2. The van der Waals surface area contributed by atoms with E-state index in [1.165, 1.54) is 0 Å². The summed E-state index contributed by atoms with van der Waals surface area (Å²) in [5.41, 5.74) is 1.55. The molecule has 2 aromatic carbocycles. The van der Waals surface area contributed by atoms with Crippen LogP contribution in [0.4, 0.5) is 10.5 Å². The number of ether oxygens (including phenoxy) is 3. The number of urea groups is 1. The van der Waals surface area contributed by atoms with E-state index in [1.807, 2.05) is 36.2 Å². The fourth-order valence-corrected chi connectivity index (χ4v) is 2.86. The van der Waals surface area contributed by atoms with E-state index in [0.717, 1.165) is 11.3 Å². The molecule has 0 fully saturated rings. The molecule has 8 heteroatoms. The van der Waals surface area contributed by atoms with E-state index in [4.69, 9.17) is 14.2 Å². The standard InChI is InChI=1S/C21H25N3O5/c1-14(24(2)13-15-4-7-17(27-3)8-5-15)20(25)23-21(26)22-16-6-9-18-19(12-16)29-11-10-28-18/h4-9,12,14H,10-11,13H2,1-3H3,(H2,22,23,25,26)/t14-/m0/s1. The van der Waals surface area contributed by atoms with Crippen LogP contribution in [0.1, 0.15) is 12.5 Å². The molecular formula is C21H25N3O5. The lowest BCUT2D eigenvalue weighted by molar-refractivity contribution is -0.124. The Kier molecular flexibility index (Phi) is 6.56. The molecule has 0 bridgehead atoms. The summed E-state index contributed by atoms with van der Waals surface area (Å²) in [6, 6.07) is 11.6. The number of benzene rings is 2. The summed E-state index contributed by atoms with van der Waals surface area (Å²) in [5.74, 6) is 1.58. The number of likely N-dealkylation sites (N-methyl/N-ethyl adjacent to an activating group) is 1. The van der Waals surface area contributed by atoms with E-state index in [0.29, 0.717) is 36.9 Å². The van der Waals surface area contributed by atoms with Crippen molar-refractivity contribution in [2.75, 3.05) is 32.7 Å². The maximum Gasteiger partial charge on any atom is 0.325 e. The summed E-state index contributed by atoms with van der Waals surface area (Å²) in [6.45, 7) is 3.26. The number of rotatable bonds is 6. The van der Waals surface area contributed by atoms with Crippen LogP contribution in [0, 0.1) is 0 Å². The van der Waals surface area contributed by atoms with E-state index in [1.54, 1.807) is 32.2 Å². The van der Waals surface area contributed by atoms with Gasteiger partial charge in [0.05, 0.1) is 13.2 Å². The van der Waals surface area contributed by atoms with E-state index < -0.39 is 18.0 Å². The van der Waals surface area contributed by atoms with Gasteiger partial charge in [-0.25, -0.2) is 4.79 Å². The van der Waals surface area contributed by atoms with Crippen LogP contribution < -0.4 is 24.8 Å². The first kappa shape index (κ1) is 20.5. The Morgan fingerprint density at radius 3 is 2.48 bits per heavy atom. The zero-order valence-corrected chi connectivity index (χ0v) is 16.7. The molecule has 8 nitrogen and oxygen atoms in total. The van der Waals surface area contributed by atoms with Gasteiger partial charge in [0.25, 0.3) is 0 Å². The molecule has 1 atom stereocenters. The number of nitrogens with zero attached hydrogens (tertiary/aromatic N) is 1. The topological polar surface area (TPSA) is 89.1 Å². The third-order valence-electron chi connectivity index (χ3n) is 4.67. The summed E-state index contributed by atoms with van der Waals surface area (Å²) >= 11 is 0. The molecule has 0 spiro atoms. The van der Waals surface area contributed by atoms with Crippen molar-refractivity contribution in [2.24, 2.45) is 0 Å². The molecule has 0 unspecified atom stereocenters. The van der Waals surface area contributed by atoms with Crippen molar-refractivity contribution in [1.29, 1.82) is 0 Å². The maximum atomic E-state index is 12.4. The first-order chi connectivity index (χ1) is 14.0. The van der Waals surface area contributed by atoms with Crippen LogP contribution in [0.3, 0.4) is 0 Å².